The van der Waals surface area contributed by atoms with Gasteiger partial charge in [0.2, 0.25) is 0 Å². The van der Waals surface area contributed by atoms with Crippen molar-refractivity contribution in [3.63, 3.8) is 0 Å². The molecule has 4 fully saturated rings. The Balaban J connectivity index is 1.54. The summed E-state index contributed by atoms with van der Waals surface area (Å²) in [5.41, 5.74) is -0.832. The van der Waals surface area contributed by atoms with Gasteiger partial charge in [0.1, 0.15) is 23.9 Å². The average Bonchev–Trinajstić information content (AvgIpc) is 2.62. The van der Waals surface area contributed by atoms with Gasteiger partial charge in [0.05, 0.1) is 37.1 Å². The van der Waals surface area contributed by atoms with E-state index in [1.807, 2.05) is 6.92 Å². The number of methoxy groups -OCH3 is 2. The first kappa shape index (κ1) is 18.1. The highest BCUT2D eigenvalue weighted by Crippen LogP contribution is 2.45. The van der Waals surface area contributed by atoms with E-state index < -0.39 is 11.7 Å². The molecule has 0 aromatic rings. The number of hydrogen-bond acceptors (Lipinski definition) is 7. The van der Waals surface area contributed by atoms with Gasteiger partial charge in [-0.2, -0.15) is 0 Å². The monoisotopic (exact) mass is 358 g/mol. The molecule has 0 radical (unpaired) electrons. The quantitative estimate of drug-likeness (QED) is 0.794. The van der Waals surface area contributed by atoms with Crippen molar-refractivity contribution in [2.45, 2.75) is 87.0 Å². The zero-order chi connectivity index (χ0) is 17.6. The van der Waals surface area contributed by atoms with Crippen LogP contribution in [0.15, 0.2) is 0 Å². The van der Waals surface area contributed by atoms with Gasteiger partial charge >= 0.3 is 0 Å². The summed E-state index contributed by atoms with van der Waals surface area (Å²) in [6.07, 6.45) is 1.59. The largest absolute Gasteiger partial charge is 0.387 e. The van der Waals surface area contributed by atoms with Gasteiger partial charge in [-0.3, -0.25) is 0 Å². The van der Waals surface area contributed by atoms with Crippen molar-refractivity contribution in [3.8, 4) is 0 Å². The SMILES string of the molecule is COC[C@H]1O[C@]2(C)[C@@H](C[C@@H]1OC)O[C@H]1C[C@H]3OCCC[C@@H]3O[C@@H]1[C@@H]2O. The third kappa shape index (κ3) is 3.04. The molecule has 0 spiro atoms. The number of aliphatic hydroxyl groups is 1. The summed E-state index contributed by atoms with van der Waals surface area (Å²) in [6, 6.07) is 0. The summed E-state index contributed by atoms with van der Waals surface area (Å²) in [4.78, 5) is 0. The van der Waals surface area contributed by atoms with E-state index in [1.165, 1.54) is 0 Å². The maximum atomic E-state index is 11.1. The molecule has 7 heteroatoms. The molecule has 0 aliphatic carbocycles. The second-order valence-electron chi connectivity index (χ2n) is 7.84. The van der Waals surface area contributed by atoms with Crippen molar-refractivity contribution in [2.75, 3.05) is 27.4 Å². The topological polar surface area (TPSA) is 75.6 Å². The molecular weight excluding hydrogens is 328 g/mol. The Hall–Kier alpha value is -0.280. The Kier molecular flexibility index (Phi) is 5.09. The molecule has 4 aliphatic heterocycles. The smallest absolute Gasteiger partial charge is 0.121 e. The highest BCUT2D eigenvalue weighted by Gasteiger charge is 2.61. The highest BCUT2D eigenvalue weighted by atomic mass is 16.6. The standard InChI is InChI=1S/C18H30O7/c1-18-15(8-11(21-3)14(25-18)9-20-2)23-13-7-12-10(5-4-6-22-12)24-16(13)17(18)19/h10-17,19H,4-9H2,1-3H3/t10-,11-,12+,13-,14+,15+,16-,17-,18+/m0/s1. The number of rotatable bonds is 3. The van der Waals surface area contributed by atoms with Gasteiger partial charge in [-0.25, -0.2) is 0 Å². The van der Waals surface area contributed by atoms with Gasteiger partial charge in [-0.05, 0) is 19.8 Å². The molecular formula is C18H30O7. The van der Waals surface area contributed by atoms with Gasteiger partial charge in [-0.1, -0.05) is 0 Å². The third-order valence-corrected chi connectivity index (χ3v) is 6.32. The Morgan fingerprint density at radius 3 is 2.72 bits per heavy atom. The van der Waals surface area contributed by atoms with Crippen LogP contribution in [0, 0.1) is 0 Å². The van der Waals surface area contributed by atoms with Crippen LogP contribution in [0.5, 0.6) is 0 Å². The molecule has 4 heterocycles. The van der Waals surface area contributed by atoms with Crippen molar-refractivity contribution in [3.05, 3.63) is 0 Å². The normalized spacial score (nSPS) is 52.8. The number of aliphatic hydroxyl groups excluding tert-OH is 1. The van der Waals surface area contributed by atoms with Crippen LogP contribution < -0.4 is 0 Å². The molecule has 4 rings (SSSR count). The van der Waals surface area contributed by atoms with E-state index in [-0.39, 0.29) is 42.7 Å². The first-order valence-corrected chi connectivity index (χ1v) is 9.37. The average molecular weight is 358 g/mol. The summed E-state index contributed by atoms with van der Waals surface area (Å²) in [5, 5.41) is 11.1. The molecule has 1 N–H and O–H groups in total. The molecule has 4 aliphatic rings. The number of fused-ring (bicyclic) bond motifs is 3. The molecule has 0 saturated carbocycles. The van der Waals surface area contributed by atoms with Crippen molar-refractivity contribution in [2.24, 2.45) is 0 Å². The van der Waals surface area contributed by atoms with Gasteiger partial charge in [0, 0.05) is 33.7 Å². The van der Waals surface area contributed by atoms with E-state index in [1.54, 1.807) is 14.2 Å². The fraction of sp³-hybridized carbons (Fsp3) is 1.00. The van der Waals surface area contributed by atoms with Crippen LogP contribution >= 0.6 is 0 Å². The van der Waals surface area contributed by atoms with E-state index in [9.17, 15) is 5.11 Å². The molecule has 7 nitrogen and oxygen atoms in total. The molecule has 0 bridgehead atoms. The maximum Gasteiger partial charge on any atom is 0.121 e. The van der Waals surface area contributed by atoms with Crippen LogP contribution in [-0.2, 0) is 28.4 Å². The summed E-state index contributed by atoms with van der Waals surface area (Å²) >= 11 is 0. The summed E-state index contributed by atoms with van der Waals surface area (Å²) in [7, 11) is 3.31. The van der Waals surface area contributed by atoms with Crippen LogP contribution in [0.1, 0.15) is 32.6 Å². The highest BCUT2D eigenvalue weighted by molar-refractivity contribution is 5.09. The molecule has 0 aromatic heterocycles. The van der Waals surface area contributed by atoms with Gasteiger partial charge < -0.3 is 33.5 Å². The van der Waals surface area contributed by atoms with E-state index in [0.717, 1.165) is 25.9 Å². The second-order valence-corrected chi connectivity index (χ2v) is 7.84. The molecule has 25 heavy (non-hydrogen) atoms. The van der Waals surface area contributed by atoms with Gasteiger partial charge in [0.25, 0.3) is 0 Å². The minimum absolute atomic E-state index is 0.0403. The van der Waals surface area contributed by atoms with Crippen molar-refractivity contribution in [1.29, 1.82) is 0 Å². The zero-order valence-corrected chi connectivity index (χ0v) is 15.3. The van der Waals surface area contributed by atoms with E-state index in [2.05, 4.69) is 0 Å². The predicted octanol–water partition coefficient (Wildman–Crippen LogP) is 0.660. The minimum atomic E-state index is -0.832. The summed E-state index contributed by atoms with van der Waals surface area (Å²) < 4.78 is 35.6. The second kappa shape index (κ2) is 7.03. The third-order valence-electron chi connectivity index (χ3n) is 6.32. The number of ether oxygens (including phenoxy) is 6. The van der Waals surface area contributed by atoms with E-state index in [0.29, 0.717) is 13.0 Å². The fourth-order valence-corrected chi connectivity index (χ4v) is 4.87. The molecule has 0 aromatic carbocycles. The van der Waals surface area contributed by atoms with Crippen LogP contribution in [-0.4, -0.2) is 87.0 Å². The Bertz CT molecular complexity index is 474. The zero-order valence-electron chi connectivity index (χ0n) is 15.3. The van der Waals surface area contributed by atoms with Gasteiger partial charge in [0.15, 0.2) is 0 Å². The lowest BCUT2D eigenvalue weighted by Crippen LogP contribution is -2.73. The lowest BCUT2D eigenvalue weighted by molar-refractivity contribution is -0.355. The molecule has 9 atom stereocenters. The fourth-order valence-electron chi connectivity index (χ4n) is 4.87. The maximum absolute atomic E-state index is 11.1. The van der Waals surface area contributed by atoms with Gasteiger partial charge in [-0.15, -0.1) is 0 Å². The minimum Gasteiger partial charge on any atom is -0.387 e. The molecule has 144 valence electrons. The predicted molar refractivity (Wildman–Crippen MR) is 87.5 cm³/mol. The lowest BCUT2D eigenvalue weighted by atomic mass is 9.76. The van der Waals surface area contributed by atoms with Crippen LogP contribution in [0.2, 0.25) is 0 Å². The van der Waals surface area contributed by atoms with Crippen molar-refractivity contribution < 1.29 is 33.5 Å². The van der Waals surface area contributed by atoms with E-state index >= 15 is 0 Å². The molecule has 4 saturated heterocycles. The van der Waals surface area contributed by atoms with Crippen LogP contribution in [0.3, 0.4) is 0 Å². The van der Waals surface area contributed by atoms with Crippen LogP contribution in [0.25, 0.3) is 0 Å². The van der Waals surface area contributed by atoms with E-state index in [4.69, 9.17) is 28.4 Å². The Morgan fingerprint density at radius 1 is 1.12 bits per heavy atom. The Labute approximate surface area is 148 Å². The summed E-state index contributed by atoms with van der Waals surface area (Å²) in [5.74, 6) is 0. The van der Waals surface area contributed by atoms with Crippen molar-refractivity contribution in [1.82, 2.24) is 0 Å². The first-order chi connectivity index (χ1) is 12.1. The molecule has 0 amide bonds. The summed E-state index contributed by atoms with van der Waals surface area (Å²) in [6.45, 7) is 3.11. The van der Waals surface area contributed by atoms with Crippen molar-refractivity contribution >= 4 is 0 Å². The van der Waals surface area contributed by atoms with Crippen LogP contribution in [0.4, 0.5) is 0 Å². The first-order valence-electron chi connectivity index (χ1n) is 9.37. The number of hydrogen-bond donors (Lipinski definition) is 1. The molecule has 0 unspecified atom stereocenters. The Morgan fingerprint density at radius 2 is 1.96 bits per heavy atom. The lowest BCUT2D eigenvalue weighted by Gasteiger charge is -2.58.